The van der Waals surface area contributed by atoms with Crippen molar-refractivity contribution in [2.24, 2.45) is 5.41 Å². The third kappa shape index (κ3) is 3.87. The van der Waals surface area contributed by atoms with Crippen molar-refractivity contribution < 1.29 is 14.7 Å². The van der Waals surface area contributed by atoms with Gasteiger partial charge in [-0.05, 0) is 37.5 Å². The molecule has 0 bridgehead atoms. The lowest BCUT2D eigenvalue weighted by atomic mass is 9.93. The third-order valence-corrected chi connectivity index (χ3v) is 4.79. The molecule has 2 amide bonds. The van der Waals surface area contributed by atoms with Crippen molar-refractivity contribution in [1.82, 2.24) is 10.6 Å². The van der Waals surface area contributed by atoms with Crippen LogP contribution in [-0.4, -0.2) is 29.2 Å². The van der Waals surface area contributed by atoms with E-state index in [1.54, 1.807) is 0 Å². The van der Waals surface area contributed by atoms with Crippen molar-refractivity contribution >= 4 is 12.0 Å². The normalized spacial score (nSPS) is 22.2. The highest BCUT2D eigenvalue weighted by atomic mass is 16.4. The molecule has 0 aromatic carbocycles. The van der Waals surface area contributed by atoms with E-state index in [1.165, 1.54) is 12.8 Å². The van der Waals surface area contributed by atoms with Crippen LogP contribution in [0.2, 0.25) is 0 Å². The van der Waals surface area contributed by atoms with Crippen molar-refractivity contribution in [3.63, 3.8) is 0 Å². The number of urea groups is 1. The molecule has 5 nitrogen and oxygen atoms in total. The van der Waals surface area contributed by atoms with Gasteiger partial charge in [0.05, 0.1) is 12.0 Å². The van der Waals surface area contributed by atoms with Gasteiger partial charge in [-0.25, -0.2) is 4.79 Å². The first-order valence-corrected chi connectivity index (χ1v) is 7.77. The van der Waals surface area contributed by atoms with Crippen LogP contribution < -0.4 is 10.6 Å². The van der Waals surface area contributed by atoms with Crippen LogP contribution in [0.5, 0.6) is 0 Å². The molecule has 0 spiro atoms. The van der Waals surface area contributed by atoms with Crippen LogP contribution in [-0.2, 0) is 4.79 Å². The first kappa shape index (κ1) is 15.1. The van der Waals surface area contributed by atoms with Gasteiger partial charge in [-0.3, -0.25) is 4.79 Å². The summed E-state index contributed by atoms with van der Waals surface area (Å²) < 4.78 is 0. The quantitative estimate of drug-likeness (QED) is 0.671. The standard InChI is InChI=1S/C15H26N2O3/c1-2-5-14(8-9-14)11-16-13(20)17-15(10-12(18)19)6-3-4-7-15/h2-11H2,1H3,(H,18,19)(H2,16,17,20). The maximum atomic E-state index is 12.0. The summed E-state index contributed by atoms with van der Waals surface area (Å²) in [6.45, 7) is 2.89. The first-order valence-electron chi connectivity index (χ1n) is 7.77. The van der Waals surface area contributed by atoms with Crippen molar-refractivity contribution in [3.05, 3.63) is 0 Å². The van der Waals surface area contributed by atoms with E-state index in [4.69, 9.17) is 5.11 Å². The predicted octanol–water partition coefficient (Wildman–Crippen LogP) is 2.65. The van der Waals surface area contributed by atoms with E-state index < -0.39 is 11.5 Å². The highest BCUT2D eigenvalue weighted by molar-refractivity contribution is 5.77. The van der Waals surface area contributed by atoms with Crippen LogP contribution in [0.25, 0.3) is 0 Å². The van der Waals surface area contributed by atoms with Gasteiger partial charge in [0, 0.05) is 6.54 Å². The Kier molecular flexibility index (Phi) is 4.55. The van der Waals surface area contributed by atoms with E-state index >= 15 is 0 Å². The molecule has 20 heavy (non-hydrogen) atoms. The zero-order valence-corrected chi connectivity index (χ0v) is 12.3. The van der Waals surface area contributed by atoms with E-state index in [0.29, 0.717) is 5.41 Å². The molecule has 2 aliphatic rings. The molecule has 2 fully saturated rings. The molecule has 0 unspecified atom stereocenters. The highest BCUT2D eigenvalue weighted by Crippen LogP contribution is 2.48. The van der Waals surface area contributed by atoms with Gasteiger partial charge in [-0.1, -0.05) is 26.2 Å². The molecule has 2 aliphatic carbocycles. The molecule has 2 saturated carbocycles. The number of nitrogens with one attached hydrogen (secondary N) is 2. The van der Waals surface area contributed by atoms with Gasteiger partial charge in [-0.15, -0.1) is 0 Å². The van der Waals surface area contributed by atoms with Crippen LogP contribution >= 0.6 is 0 Å². The number of hydrogen-bond acceptors (Lipinski definition) is 2. The lowest BCUT2D eigenvalue weighted by Gasteiger charge is -2.29. The van der Waals surface area contributed by atoms with Gasteiger partial charge >= 0.3 is 12.0 Å². The van der Waals surface area contributed by atoms with Gasteiger partial charge in [-0.2, -0.15) is 0 Å². The summed E-state index contributed by atoms with van der Waals surface area (Å²) in [6, 6.07) is -0.199. The Morgan fingerprint density at radius 1 is 1.15 bits per heavy atom. The zero-order chi connectivity index (χ0) is 14.6. The maximum absolute atomic E-state index is 12.0. The molecule has 0 atom stereocenters. The minimum Gasteiger partial charge on any atom is -0.481 e. The number of carbonyl (C=O) groups is 2. The average molecular weight is 282 g/mol. The topological polar surface area (TPSA) is 78.4 Å². The second-order valence-corrected chi connectivity index (χ2v) is 6.62. The number of aliphatic carboxylic acids is 1. The fourth-order valence-electron chi connectivity index (χ4n) is 3.46. The Morgan fingerprint density at radius 2 is 1.80 bits per heavy atom. The van der Waals surface area contributed by atoms with Crippen molar-refractivity contribution in [1.29, 1.82) is 0 Å². The Bertz CT molecular complexity index is 371. The maximum Gasteiger partial charge on any atom is 0.315 e. The Morgan fingerprint density at radius 3 is 2.30 bits per heavy atom. The number of hydrogen-bond donors (Lipinski definition) is 3. The summed E-state index contributed by atoms with van der Waals surface area (Å²) in [4.78, 5) is 23.0. The molecule has 5 heteroatoms. The van der Waals surface area contributed by atoms with Crippen LogP contribution in [0.4, 0.5) is 4.79 Å². The first-order chi connectivity index (χ1) is 9.49. The predicted molar refractivity (Wildman–Crippen MR) is 76.6 cm³/mol. The number of carboxylic acids is 1. The van der Waals surface area contributed by atoms with Gasteiger partial charge < -0.3 is 15.7 Å². The Balaban J connectivity index is 1.81. The van der Waals surface area contributed by atoms with Gasteiger partial charge in [0.25, 0.3) is 0 Å². The van der Waals surface area contributed by atoms with Gasteiger partial charge in [0.15, 0.2) is 0 Å². The highest BCUT2D eigenvalue weighted by Gasteiger charge is 2.42. The van der Waals surface area contributed by atoms with Crippen molar-refractivity contribution in [3.8, 4) is 0 Å². The minimum atomic E-state index is -0.836. The number of carboxylic acid groups (broad SMARTS) is 1. The molecule has 0 aromatic rings. The number of carbonyl (C=O) groups excluding carboxylic acids is 1. The molecule has 3 N–H and O–H groups in total. The summed E-state index contributed by atoms with van der Waals surface area (Å²) in [7, 11) is 0. The van der Waals surface area contributed by atoms with Crippen LogP contribution in [0.3, 0.4) is 0 Å². The lowest BCUT2D eigenvalue weighted by Crippen LogP contribution is -2.52. The van der Waals surface area contributed by atoms with E-state index in [9.17, 15) is 9.59 Å². The molecule has 0 aliphatic heterocycles. The Labute approximate surface area is 120 Å². The largest absolute Gasteiger partial charge is 0.481 e. The summed E-state index contributed by atoms with van der Waals surface area (Å²) in [6.07, 6.45) is 8.25. The fraction of sp³-hybridized carbons (Fsp3) is 0.867. The van der Waals surface area contributed by atoms with E-state index in [2.05, 4.69) is 17.6 Å². The smallest absolute Gasteiger partial charge is 0.315 e. The van der Waals surface area contributed by atoms with Crippen molar-refractivity contribution in [2.45, 2.75) is 70.3 Å². The third-order valence-electron chi connectivity index (χ3n) is 4.79. The zero-order valence-electron chi connectivity index (χ0n) is 12.3. The second-order valence-electron chi connectivity index (χ2n) is 6.62. The fourth-order valence-corrected chi connectivity index (χ4v) is 3.46. The lowest BCUT2D eigenvalue weighted by molar-refractivity contribution is -0.138. The van der Waals surface area contributed by atoms with Crippen LogP contribution in [0, 0.1) is 5.41 Å². The van der Waals surface area contributed by atoms with E-state index in [-0.39, 0.29) is 12.5 Å². The summed E-state index contributed by atoms with van der Waals surface area (Å²) in [5.41, 5.74) is -0.209. The molecular weight excluding hydrogens is 256 g/mol. The van der Waals surface area contributed by atoms with Gasteiger partial charge in [0.1, 0.15) is 0 Å². The summed E-state index contributed by atoms with van der Waals surface area (Å²) in [5, 5.41) is 14.9. The average Bonchev–Trinajstić information content (AvgIpc) is 2.99. The van der Waals surface area contributed by atoms with Crippen LogP contribution in [0.15, 0.2) is 0 Å². The summed E-state index contributed by atoms with van der Waals surface area (Å²) >= 11 is 0. The summed E-state index contributed by atoms with van der Waals surface area (Å²) in [5.74, 6) is -0.836. The molecular formula is C15H26N2O3. The molecule has 0 aromatic heterocycles. The van der Waals surface area contributed by atoms with E-state index in [1.807, 2.05) is 0 Å². The van der Waals surface area contributed by atoms with Crippen molar-refractivity contribution in [2.75, 3.05) is 6.54 Å². The molecule has 0 heterocycles. The number of rotatable bonds is 7. The second kappa shape index (κ2) is 6.02. The molecule has 114 valence electrons. The molecule has 0 saturated heterocycles. The number of amides is 2. The van der Waals surface area contributed by atoms with Crippen LogP contribution in [0.1, 0.15) is 64.7 Å². The monoisotopic (exact) mass is 282 g/mol. The molecule has 0 radical (unpaired) electrons. The van der Waals surface area contributed by atoms with E-state index in [0.717, 1.165) is 45.1 Å². The van der Waals surface area contributed by atoms with Gasteiger partial charge in [0.2, 0.25) is 0 Å². The Hall–Kier alpha value is -1.26. The minimum absolute atomic E-state index is 0.0283. The SMILES string of the molecule is CCCC1(CNC(=O)NC2(CC(=O)O)CCCC2)CC1. The molecule has 2 rings (SSSR count).